The maximum Gasteiger partial charge on any atom is 0.155 e. The number of H-pyrrole nitrogens is 1. The molecule has 0 aliphatic carbocycles. The molecule has 0 bridgehead atoms. The normalized spacial score (nSPS) is 11.3. The minimum atomic E-state index is 0.471. The Balaban J connectivity index is 2.61. The third kappa shape index (κ3) is 1.20. The minimum absolute atomic E-state index is 0.471. The number of nitrogens with zero attached hydrogens (tertiary/aromatic N) is 2. The molecule has 0 aliphatic rings. The maximum absolute atomic E-state index is 6.03. The Labute approximate surface area is 91.1 Å². The molecule has 1 N–H and O–H groups in total. The largest absolute Gasteiger partial charge is 0.275 e. The summed E-state index contributed by atoms with van der Waals surface area (Å²) in [5, 5.41) is 9.43. The van der Waals surface area contributed by atoms with Gasteiger partial charge in [-0.15, -0.1) is 0 Å². The summed E-state index contributed by atoms with van der Waals surface area (Å²) in [7, 11) is 0. The van der Waals surface area contributed by atoms with Gasteiger partial charge in [-0.25, -0.2) is 4.98 Å². The van der Waals surface area contributed by atoms with Gasteiger partial charge in [0.15, 0.2) is 5.15 Å². The van der Waals surface area contributed by atoms with Crippen molar-refractivity contribution >= 4 is 33.4 Å². The van der Waals surface area contributed by atoms with Gasteiger partial charge in [0.1, 0.15) is 5.52 Å². The average Bonchev–Trinajstić information content (AvgIpc) is 2.69. The Morgan fingerprint density at radius 3 is 3.00 bits per heavy atom. The summed E-state index contributed by atoms with van der Waals surface area (Å²) in [5.41, 5.74) is 2.91. The van der Waals surface area contributed by atoms with Crippen molar-refractivity contribution in [3.63, 3.8) is 0 Å². The first kappa shape index (κ1) is 8.68. The van der Waals surface area contributed by atoms with Gasteiger partial charge in [0.2, 0.25) is 0 Å². The van der Waals surface area contributed by atoms with Gasteiger partial charge in [0, 0.05) is 10.8 Å². The summed E-state index contributed by atoms with van der Waals surface area (Å²) in [4.78, 5) is 4.31. The zero-order chi connectivity index (χ0) is 10.4. The van der Waals surface area contributed by atoms with Crippen LogP contribution >= 0.6 is 11.6 Å². The molecule has 0 radical (unpaired) electrons. The van der Waals surface area contributed by atoms with Crippen molar-refractivity contribution in [2.45, 2.75) is 6.92 Å². The first-order chi connectivity index (χ1) is 7.25. The van der Waals surface area contributed by atoms with Crippen LogP contribution in [0, 0.1) is 6.92 Å². The second-order valence-electron chi connectivity index (χ2n) is 3.58. The molecule has 1 aromatic carbocycles. The van der Waals surface area contributed by atoms with Gasteiger partial charge in [-0.05, 0) is 19.1 Å². The highest BCUT2D eigenvalue weighted by Gasteiger charge is 2.07. The monoisotopic (exact) mass is 217 g/mol. The van der Waals surface area contributed by atoms with Crippen molar-refractivity contribution in [1.82, 2.24) is 15.2 Å². The fourth-order valence-corrected chi connectivity index (χ4v) is 2.01. The van der Waals surface area contributed by atoms with Gasteiger partial charge in [-0.3, -0.25) is 5.10 Å². The zero-order valence-corrected chi connectivity index (χ0v) is 8.84. The Morgan fingerprint density at radius 2 is 2.13 bits per heavy atom. The first-order valence-electron chi connectivity index (χ1n) is 4.64. The summed E-state index contributed by atoms with van der Waals surface area (Å²) < 4.78 is 0. The van der Waals surface area contributed by atoms with Crippen molar-refractivity contribution in [3.8, 4) is 0 Å². The van der Waals surface area contributed by atoms with E-state index in [0.29, 0.717) is 5.15 Å². The van der Waals surface area contributed by atoms with Gasteiger partial charge in [-0.2, -0.15) is 5.10 Å². The molecule has 3 nitrogen and oxygen atoms in total. The number of fused-ring (bicyclic) bond motifs is 3. The van der Waals surface area contributed by atoms with Crippen LogP contribution in [0.3, 0.4) is 0 Å². The Morgan fingerprint density at radius 1 is 1.27 bits per heavy atom. The lowest BCUT2D eigenvalue weighted by atomic mass is 10.1. The molecule has 3 rings (SSSR count). The SMILES string of the molecule is Cc1ccc2nc(Cl)c3[nH]ncc3c2c1. The molecule has 3 aromatic rings. The molecule has 2 aromatic heterocycles. The van der Waals surface area contributed by atoms with E-state index in [9.17, 15) is 0 Å². The molecular weight excluding hydrogens is 210 g/mol. The van der Waals surface area contributed by atoms with Crippen LogP contribution in [0.1, 0.15) is 5.56 Å². The number of rotatable bonds is 0. The number of aromatic nitrogens is 3. The number of aryl methyl sites for hydroxylation is 1. The number of hydrogen-bond acceptors (Lipinski definition) is 2. The van der Waals surface area contributed by atoms with Crippen LogP contribution in [-0.4, -0.2) is 15.2 Å². The van der Waals surface area contributed by atoms with E-state index in [1.165, 1.54) is 5.56 Å². The molecule has 0 aliphatic heterocycles. The molecule has 2 heterocycles. The quantitative estimate of drug-likeness (QED) is 0.588. The topological polar surface area (TPSA) is 41.6 Å². The van der Waals surface area contributed by atoms with Crippen molar-refractivity contribution in [2.75, 3.05) is 0 Å². The number of aromatic amines is 1. The summed E-state index contributed by atoms with van der Waals surface area (Å²) in [6.45, 7) is 2.06. The molecule has 74 valence electrons. The van der Waals surface area contributed by atoms with E-state index < -0.39 is 0 Å². The van der Waals surface area contributed by atoms with E-state index in [1.54, 1.807) is 6.20 Å². The minimum Gasteiger partial charge on any atom is -0.275 e. The predicted molar refractivity (Wildman–Crippen MR) is 61.1 cm³/mol. The second kappa shape index (κ2) is 2.94. The lowest BCUT2D eigenvalue weighted by molar-refractivity contribution is 1.12. The van der Waals surface area contributed by atoms with E-state index in [4.69, 9.17) is 11.6 Å². The van der Waals surface area contributed by atoms with Crippen molar-refractivity contribution < 1.29 is 0 Å². The van der Waals surface area contributed by atoms with Crippen molar-refractivity contribution in [3.05, 3.63) is 35.1 Å². The number of hydrogen-bond donors (Lipinski definition) is 1. The predicted octanol–water partition coefficient (Wildman–Crippen LogP) is 3.07. The summed E-state index contributed by atoms with van der Waals surface area (Å²) >= 11 is 6.03. The molecule has 0 spiro atoms. The molecule has 0 saturated heterocycles. The van der Waals surface area contributed by atoms with Crippen LogP contribution in [-0.2, 0) is 0 Å². The van der Waals surface area contributed by atoms with Crippen LogP contribution in [0.5, 0.6) is 0 Å². The summed E-state index contributed by atoms with van der Waals surface area (Å²) in [6, 6.07) is 6.09. The first-order valence-corrected chi connectivity index (χ1v) is 5.02. The number of benzene rings is 1. The number of nitrogens with one attached hydrogen (secondary N) is 1. The van der Waals surface area contributed by atoms with E-state index in [1.807, 2.05) is 12.1 Å². The third-order valence-electron chi connectivity index (χ3n) is 2.51. The van der Waals surface area contributed by atoms with Gasteiger partial charge >= 0.3 is 0 Å². The highest BCUT2D eigenvalue weighted by Crippen LogP contribution is 2.27. The van der Waals surface area contributed by atoms with Gasteiger partial charge in [-0.1, -0.05) is 23.2 Å². The average molecular weight is 218 g/mol. The van der Waals surface area contributed by atoms with E-state index >= 15 is 0 Å². The zero-order valence-electron chi connectivity index (χ0n) is 8.08. The fourth-order valence-electron chi connectivity index (χ4n) is 1.77. The molecule has 15 heavy (non-hydrogen) atoms. The van der Waals surface area contributed by atoms with Crippen molar-refractivity contribution in [2.24, 2.45) is 0 Å². The fraction of sp³-hybridized carbons (Fsp3) is 0.0909. The lowest BCUT2D eigenvalue weighted by Gasteiger charge is -2.01. The Bertz CT molecular complexity index is 657. The standard InChI is InChI=1S/C11H8ClN3/c1-6-2-3-9-7(4-6)8-5-13-15-10(8)11(12)14-9/h2-5H,1H3,(H,13,15). The summed E-state index contributed by atoms with van der Waals surface area (Å²) in [5.74, 6) is 0. The highest BCUT2D eigenvalue weighted by atomic mass is 35.5. The van der Waals surface area contributed by atoms with E-state index in [0.717, 1.165) is 21.8 Å². The smallest absolute Gasteiger partial charge is 0.155 e. The van der Waals surface area contributed by atoms with Gasteiger partial charge in [0.05, 0.1) is 11.7 Å². The van der Waals surface area contributed by atoms with Crippen LogP contribution in [0.15, 0.2) is 24.4 Å². The number of pyridine rings is 1. The molecular formula is C11H8ClN3. The molecule has 0 fully saturated rings. The van der Waals surface area contributed by atoms with Gasteiger partial charge in [0.25, 0.3) is 0 Å². The van der Waals surface area contributed by atoms with E-state index in [-0.39, 0.29) is 0 Å². The lowest BCUT2D eigenvalue weighted by Crippen LogP contribution is -1.83. The van der Waals surface area contributed by atoms with Crippen molar-refractivity contribution in [1.29, 1.82) is 0 Å². The Kier molecular flexibility index (Phi) is 1.70. The van der Waals surface area contributed by atoms with Crippen LogP contribution < -0.4 is 0 Å². The van der Waals surface area contributed by atoms with Crippen LogP contribution in [0.2, 0.25) is 5.15 Å². The molecule has 0 saturated carbocycles. The summed E-state index contributed by atoms with van der Waals surface area (Å²) in [6.07, 6.45) is 1.78. The third-order valence-corrected chi connectivity index (χ3v) is 2.78. The highest BCUT2D eigenvalue weighted by molar-refractivity contribution is 6.35. The Hall–Kier alpha value is -1.61. The molecule has 0 amide bonds. The molecule has 0 atom stereocenters. The maximum atomic E-state index is 6.03. The van der Waals surface area contributed by atoms with E-state index in [2.05, 4.69) is 28.2 Å². The molecule has 4 heteroatoms. The van der Waals surface area contributed by atoms with Crippen LogP contribution in [0.4, 0.5) is 0 Å². The number of halogens is 1. The van der Waals surface area contributed by atoms with Gasteiger partial charge < -0.3 is 0 Å². The van der Waals surface area contributed by atoms with Crippen LogP contribution in [0.25, 0.3) is 21.8 Å². The second-order valence-corrected chi connectivity index (χ2v) is 3.94. The molecule has 0 unspecified atom stereocenters.